The van der Waals surface area contributed by atoms with Crippen LogP contribution in [0.1, 0.15) is 53.6 Å². The number of rotatable bonds is 5. The molecule has 160 valence electrons. The Kier molecular flexibility index (Phi) is 5.45. The van der Waals surface area contributed by atoms with Gasteiger partial charge in [0.2, 0.25) is 15.8 Å². The number of benzene rings is 1. The van der Waals surface area contributed by atoms with Crippen LogP contribution in [0.15, 0.2) is 30.6 Å². The van der Waals surface area contributed by atoms with Gasteiger partial charge >= 0.3 is 0 Å². The zero-order chi connectivity index (χ0) is 22.2. The second kappa shape index (κ2) is 8.07. The Balaban J connectivity index is 1.73. The van der Waals surface area contributed by atoms with Crippen LogP contribution < -0.4 is 4.72 Å². The first-order valence-corrected chi connectivity index (χ1v) is 11.3. The van der Waals surface area contributed by atoms with Crippen LogP contribution in [0.25, 0.3) is 11.0 Å². The maximum Gasteiger partial charge on any atom is 0.235 e. The highest BCUT2D eigenvalue weighted by Gasteiger charge is 2.30. The van der Waals surface area contributed by atoms with Gasteiger partial charge < -0.3 is 4.98 Å². The monoisotopic (exact) mass is 444 g/mol. The fourth-order valence-corrected chi connectivity index (χ4v) is 5.42. The van der Waals surface area contributed by atoms with Gasteiger partial charge in [0.05, 0.1) is 22.1 Å². The quantitative estimate of drug-likeness (QED) is 0.577. The molecular formula is C21H18F2N4O3S. The summed E-state index contributed by atoms with van der Waals surface area (Å²) in [6.07, 6.45) is 5.96. The predicted octanol–water partition coefficient (Wildman–Crippen LogP) is 4.02. The second-order valence-corrected chi connectivity index (χ2v) is 9.42. The number of carbonyl (C=O) groups is 1. The Morgan fingerprint density at radius 2 is 1.97 bits per heavy atom. The molecule has 7 nitrogen and oxygen atoms in total. The highest BCUT2D eigenvalue weighted by atomic mass is 32.2. The molecule has 1 aliphatic carbocycles. The lowest BCUT2D eigenvalue weighted by Gasteiger charge is -2.22. The number of carbonyl (C=O) groups excluding carboxylic acids is 1. The summed E-state index contributed by atoms with van der Waals surface area (Å²) in [5.74, 6) is -3.40. The lowest BCUT2D eigenvalue weighted by molar-refractivity contribution is 0.103. The van der Waals surface area contributed by atoms with Gasteiger partial charge in [0.15, 0.2) is 5.82 Å². The Morgan fingerprint density at radius 1 is 1.23 bits per heavy atom. The molecule has 0 saturated heterocycles. The lowest BCUT2D eigenvalue weighted by Crippen LogP contribution is -2.30. The number of aromatic amines is 1. The summed E-state index contributed by atoms with van der Waals surface area (Å²) in [6.45, 7) is 0. The summed E-state index contributed by atoms with van der Waals surface area (Å²) in [6, 6.07) is 5.09. The molecule has 2 heterocycles. The van der Waals surface area contributed by atoms with Gasteiger partial charge in [-0.1, -0.05) is 19.3 Å². The minimum Gasteiger partial charge on any atom is -0.345 e. The Morgan fingerprint density at radius 3 is 2.68 bits per heavy atom. The third-order valence-corrected chi connectivity index (χ3v) is 7.32. The lowest BCUT2D eigenvalue weighted by atomic mass is 10.0. The van der Waals surface area contributed by atoms with Crippen LogP contribution in [0.5, 0.6) is 0 Å². The number of pyridine rings is 1. The van der Waals surface area contributed by atoms with Crippen LogP contribution in [-0.4, -0.2) is 29.4 Å². The molecule has 1 saturated carbocycles. The normalized spacial score (nSPS) is 15.0. The van der Waals surface area contributed by atoms with Gasteiger partial charge in [0.25, 0.3) is 0 Å². The molecule has 1 aliphatic rings. The first-order chi connectivity index (χ1) is 14.8. The highest BCUT2D eigenvalue weighted by molar-refractivity contribution is 7.93. The molecule has 10 heteroatoms. The van der Waals surface area contributed by atoms with Gasteiger partial charge in [0, 0.05) is 23.3 Å². The zero-order valence-corrected chi connectivity index (χ0v) is 17.1. The molecule has 3 aromatic rings. The van der Waals surface area contributed by atoms with Crippen LogP contribution in [-0.2, 0) is 10.0 Å². The summed E-state index contributed by atoms with van der Waals surface area (Å²) < 4.78 is 57.1. The van der Waals surface area contributed by atoms with E-state index in [1.807, 2.05) is 6.07 Å². The highest BCUT2D eigenvalue weighted by Crippen LogP contribution is 2.30. The molecule has 0 radical (unpaired) electrons. The number of hydrogen-bond acceptors (Lipinski definition) is 5. The SMILES string of the molecule is N#Cc1cnc2[nH]cc(C(=O)c3c(F)ccc(NS(=O)(=O)C4CCCCC4)c3F)c2c1. The standard InChI is InChI=1S/C21H18F2N4O3S/c22-16-6-7-17(27-31(29,30)13-4-2-1-3-5-13)19(23)18(16)20(28)15-11-26-21-14(15)8-12(9-24)10-25-21/h6-8,10-11,13,27H,1-5H2,(H,25,26). The van der Waals surface area contributed by atoms with Crippen LogP contribution in [0.4, 0.5) is 14.5 Å². The van der Waals surface area contributed by atoms with Crippen LogP contribution in [0, 0.1) is 23.0 Å². The van der Waals surface area contributed by atoms with Crippen LogP contribution in [0.2, 0.25) is 0 Å². The number of aromatic nitrogens is 2. The molecule has 0 atom stereocenters. The van der Waals surface area contributed by atoms with Gasteiger partial charge in [-0.15, -0.1) is 0 Å². The average Bonchev–Trinajstić information content (AvgIpc) is 3.19. The predicted molar refractivity (Wildman–Crippen MR) is 110 cm³/mol. The van der Waals surface area contributed by atoms with E-state index < -0.39 is 43.9 Å². The van der Waals surface area contributed by atoms with Crippen molar-refractivity contribution in [2.75, 3.05) is 4.72 Å². The smallest absolute Gasteiger partial charge is 0.235 e. The van der Waals surface area contributed by atoms with E-state index in [0.29, 0.717) is 12.8 Å². The van der Waals surface area contributed by atoms with Crippen LogP contribution >= 0.6 is 0 Å². The minimum absolute atomic E-state index is 0.0790. The molecule has 2 aromatic heterocycles. The van der Waals surface area contributed by atoms with Crippen molar-refractivity contribution in [1.82, 2.24) is 9.97 Å². The van der Waals surface area contributed by atoms with E-state index >= 15 is 4.39 Å². The van der Waals surface area contributed by atoms with E-state index in [4.69, 9.17) is 5.26 Å². The number of H-pyrrole nitrogens is 1. The van der Waals surface area contributed by atoms with E-state index in [9.17, 15) is 17.6 Å². The molecule has 0 aliphatic heterocycles. The van der Waals surface area contributed by atoms with Crippen LogP contribution in [0.3, 0.4) is 0 Å². The number of anilines is 1. The maximum atomic E-state index is 15.2. The first kappa shape index (κ1) is 20.9. The molecule has 2 N–H and O–H groups in total. The van der Waals surface area contributed by atoms with Crippen molar-refractivity contribution in [2.24, 2.45) is 0 Å². The largest absolute Gasteiger partial charge is 0.345 e. The number of halogens is 2. The fourth-order valence-electron chi connectivity index (χ4n) is 3.84. The van der Waals surface area contributed by atoms with E-state index in [2.05, 4.69) is 14.7 Å². The minimum atomic E-state index is -3.89. The summed E-state index contributed by atoms with van der Waals surface area (Å²) >= 11 is 0. The second-order valence-electron chi connectivity index (χ2n) is 7.45. The molecule has 1 fully saturated rings. The summed E-state index contributed by atoms with van der Waals surface area (Å²) in [7, 11) is -3.89. The van der Waals surface area contributed by atoms with Crippen molar-refractivity contribution in [2.45, 2.75) is 37.4 Å². The number of hydrogen-bond donors (Lipinski definition) is 2. The van der Waals surface area contributed by atoms with E-state index in [-0.39, 0.29) is 22.2 Å². The van der Waals surface area contributed by atoms with E-state index in [0.717, 1.165) is 31.4 Å². The number of fused-ring (bicyclic) bond motifs is 1. The first-order valence-electron chi connectivity index (χ1n) is 9.73. The Bertz CT molecular complexity index is 1320. The van der Waals surface area contributed by atoms with Crippen molar-refractivity contribution in [3.8, 4) is 6.07 Å². The average molecular weight is 444 g/mol. The molecule has 0 unspecified atom stereocenters. The topological polar surface area (TPSA) is 116 Å². The number of nitriles is 1. The van der Waals surface area contributed by atoms with Crippen molar-refractivity contribution >= 4 is 32.5 Å². The number of ketones is 1. The zero-order valence-electron chi connectivity index (χ0n) is 16.3. The number of nitrogens with zero attached hydrogens (tertiary/aromatic N) is 2. The van der Waals surface area contributed by atoms with Crippen molar-refractivity contribution in [3.63, 3.8) is 0 Å². The number of nitrogens with one attached hydrogen (secondary N) is 2. The third-order valence-electron chi connectivity index (χ3n) is 5.47. The fraction of sp³-hybridized carbons (Fsp3) is 0.286. The Hall–Kier alpha value is -3.32. The van der Waals surface area contributed by atoms with Gasteiger partial charge in [-0.2, -0.15) is 5.26 Å². The molecule has 4 rings (SSSR count). The molecule has 0 amide bonds. The van der Waals surface area contributed by atoms with E-state index in [1.54, 1.807) is 0 Å². The van der Waals surface area contributed by atoms with Gasteiger partial charge in [-0.3, -0.25) is 9.52 Å². The summed E-state index contributed by atoms with van der Waals surface area (Å²) in [5.41, 5.74) is -0.990. The maximum absolute atomic E-state index is 15.2. The van der Waals surface area contributed by atoms with Crippen molar-refractivity contribution in [1.29, 1.82) is 5.26 Å². The number of sulfonamides is 1. The van der Waals surface area contributed by atoms with Gasteiger partial charge in [0.1, 0.15) is 17.5 Å². The molecule has 31 heavy (non-hydrogen) atoms. The summed E-state index contributed by atoms with van der Waals surface area (Å²) in [4.78, 5) is 19.7. The molecule has 0 spiro atoms. The van der Waals surface area contributed by atoms with Crippen molar-refractivity contribution in [3.05, 3.63) is 58.9 Å². The van der Waals surface area contributed by atoms with E-state index in [1.165, 1.54) is 18.5 Å². The van der Waals surface area contributed by atoms with Gasteiger partial charge in [-0.05, 0) is 31.0 Å². The summed E-state index contributed by atoms with van der Waals surface area (Å²) in [5, 5.41) is 8.63. The van der Waals surface area contributed by atoms with Gasteiger partial charge in [-0.25, -0.2) is 22.2 Å². The Labute approximate surface area is 177 Å². The molecule has 1 aromatic carbocycles. The molecular weight excluding hydrogens is 426 g/mol. The molecule has 0 bridgehead atoms. The third kappa shape index (κ3) is 3.88. The van der Waals surface area contributed by atoms with Crippen molar-refractivity contribution < 1.29 is 22.0 Å².